The Morgan fingerprint density at radius 1 is 1.18 bits per heavy atom. The second-order valence-corrected chi connectivity index (χ2v) is 10.8. The van der Waals surface area contributed by atoms with Crippen LogP contribution in [0.4, 0.5) is 22.0 Å². The second kappa shape index (κ2) is 11.3. The summed E-state index contributed by atoms with van der Waals surface area (Å²) in [7, 11) is 0. The summed E-state index contributed by atoms with van der Waals surface area (Å²) in [6.45, 7) is 2.69. The third-order valence-corrected chi connectivity index (χ3v) is 7.61. The van der Waals surface area contributed by atoms with Crippen LogP contribution in [0.25, 0.3) is 10.4 Å². The molecule has 0 radical (unpaired) electrons. The molecule has 1 saturated heterocycles. The Morgan fingerprint density at radius 2 is 1.89 bits per heavy atom. The highest BCUT2D eigenvalue weighted by atomic mass is 32.1. The monoisotopic (exact) mass is 552 g/mol. The van der Waals surface area contributed by atoms with E-state index in [9.17, 15) is 26.7 Å². The molecule has 1 unspecified atom stereocenters. The van der Waals surface area contributed by atoms with Gasteiger partial charge in [-0.15, -0.1) is 11.3 Å². The SMILES string of the molecule is Cc1nc(C(=O)N2CC(F)(F)C[C@@H](C)C2CNC2=C/CCC/C=C(C(F)(F)F)/C=N\2)c(-c2ccccc2)s1. The molecule has 1 N–H and O–H groups in total. The topological polar surface area (TPSA) is 57.6 Å². The van der Waals surface area contributed by atoms with Crippen molar-refractivity contribution >= 4 is 23.5 Å². The molecule has 11 heteroatoms. The lowest BCUT2D eigenvalue weighted by atomic mass is 9.88. The molecule has 5 nitrogen and oxygen atoms in total. The number of aliphatic imine (C=N–C) groups is 1. The van der Waals surface area contributed by atoms with Crippen LogP contribution < -0.4 is 5.32 Å². The highest BCUT2D eigenvalue weighted by Crippen LogP contribution is 2.37. The first-order chi connectivity index (χ1) is 17.9. The van der Waals surface area contributed by atoms with Crippen molar-refractivity contribution in [1.82, 2.24) is 15.2 Å². The lowest BCUT2D eigenvalue weighted by molar-refractivity contribution is -0.0913. The van der Waals surface area contributed by atoms with E-state index in [1.165, 1.54) is 11.3 Å². The van der Waals surface area contributed by atoms with Crippen molar-refractivity contribution in [2.45, 2.75) is 57.7 Å². The fourth-order valence-corrected chi connectivity index (χ4v) is 5.66. The summed E-state index contributed by atoms with van der Waals surface area (Å²) in [4.78, 5) is 23.9. The van der Waals surface area contributed by atoms with Gasteiger partial charge in [-0.3, -0.25) is 4.79 Å². The number of allylic oxidation sites excluding steroid dienone is 3. The van der Waals surface area contributed by atoms with Gasteiger partial charge in [0.2, 0.25) is 0 Å². The first-order valence-electron chi connectivity index (χ1n) is 12.4. The van der Waals surface area contributed by atoms with Crippen molar-refractivity contribution in [2.75, 3.05) is 13.1 Å². The van der Waals surface area contributed by atoms with E-state index in [0.717, 1.165) is 22.8 Å². The number of aryl methyl sites for hydroxylation is 1. The quantitative estimate of drug-likeness (QED) is 0.416. The maximum Gasteiger partial charge on any atom is 0.417 e. The summed E-state index contributed by atoms with van der Waals surface area (Å²) in [5, 5.41) is 3.65. The summed E-state index contributed by atoms with van der Waals surface area (Å²) < 4.78 is 69.2. The lowest BCUT2D eigenvalue weighted by Gasteiger charge is -2.43. The summed E-state index contributed by atoms with van der Waals surface area (Å²) in [6.07, 6.45) is -0.0751. The molecular formula is C27H29F5N4OS. The number of likely N-dealkylation sites (tertiary alicyclic amines) is 1. The number of thiazole rings is 1. The van der Waals surface area contributed by atoms with Crippen molar-refractivity contribution in [3.8, 4) is 10.4 Å². The number of hydrogen-bond donors (Lipinski definition) is 1. The van der Waals surface area contributed by atoms with Crippen LogP contribution >= 0.6 is 11.3 Å². The second-order valence-electron chi connectivity index (χ2n) is 9.63. The summed E-state index contributed by atoms with van der Waals surface area (Å²) in [5.41, 5.74) is 0.0571. The molecular weight excluding hydrogens is 523 g/mol. The predicted octanol–water partition coefficient (Wildman–Crippen LogP) is 6.78. The molecule has 2 aliphatic rings. The molecule has 204 valence electrons. The van der Waals surface area contributed by atoms with Crippen LogP contribution in [0, 0.1) is 12.8 Å². The Morgan fingerprint density at radius 3 is 2.61 bits per heavy atom. The third-order valence-electron chi connectivity index (χ3n) is 6.59. The minimum Gasteiger partial charge on any atom is -0.368 e. The fourth-order valence-electron chi connectivity index (χ4n) is 4.75. The van der Waals surface area contributed by atoms with E-state index in [0.29, 0.717) is 22.7 Å². The number of nitrogens with zero attached hydrogens (tertiary/aromatic N) is 3. The van der Waals surface area contributed by atoms with Gasteiger partial charge < -0.3 is 10.2 Å². The number of carbonyl (C=O) groups excluding carboxylic acids is 1. The average molecular weight is 553 g/mol. The zero-order valence-electron chi connectivity index (χ0n) is 21.1. The van der Waals surface area contributed by atoms with Crippen LogP contribution in [0.2, 0.25) is 0 Å². The minimum atomic E-state index is -4.52. The number of piperidine rings is 1. The van der Waals surface area contributed by atoms with Gasteiger partial charge in [0.1, 0.15) is 11.5 Å². The van der Waals surface area contributed by atoms with Gasteiger partial charge in [-0.05, 0) is 43.7 Å². The summed E-state index contributed by atoms with van der Waals surface area (Å²) >= 11 is 1.32. The predicted molar refractivity (Wildman–Crippen MR) is 138 cm³/mol. The molecule has 0 aliphatic carbocycles. The van der Waals surface area contributed by atoms with Crippen LogP contribution in [0.3, 0.4) is 0 Å². The highest BCUT2D eigenvalue weighted by Gasteiger charge is 2.47. The van der Waals surface area contributed by atoms with Crippen LogP contribution in [0.1, 0.15) is 48.1 Å². The molecule has 1 aromatic carbocycles. The smallest absolute Gasteiger partial charge is 0.368 e. The number of alkyl halides is 5. The molecule has 1 fully saturated rings. The van der Waals surface area contributed by atoms with Gasteiger partial charge in [-0.2, -0.15) is 13.2 Å². The molecule has 0 bridgehead atoms. The van der Waals surface area contributed by atoms with E-state index in [1.54, 1.807) is 19.9 Å². The lowest BCUT2D eigenvalue weighted by Crippen LogP contribution is -2.58. The maximum absolute atomic E-state index is 14.7. The Kier molecular flexibility index (Phi) is 8.34. The first kappa shape index (κ1) is 27.9. The largest absolute Gasteiger partial charge is 0.417 e. The van der Waals surface area contributed by atoms with Gasteiger partial charge >= 0.3 is 6.18 Å². The van der Waals surface area contributed by atoms with Gasteiger partial charge in [0.05, 0.1) is 28.0 Å². The van der Waals surface area contributed by atoms with E-state index in [4.69, 9.17) is 0 Å². The van der Waals surface area contributed by atoms with Crippen LogP contribution in [-0.4, -0.2) is 53.2 Å². The molecule has 2 atom stereocenters. The molecule has 2 aliphatic heterocycles. The first-order valence-corrected chi connectivity index (χ1v) is 13.2. The summed E-state index contributed by atoms with van der Waals surface area (Å²) in [5.74, 6) is -4.04. The minimum absolute atomic E-state index is 0.0566. The van der Waals surface area contributed by atoms with E-state index in [-0.39, 0.29) is 24.5 Å². The highest BCUT2D eigenvalue weighted by molar-refractivity contribution is 7.15. The normalized spacial score (nSPS) is 25.7. The van der Waals surface area contributed by atoms with Crippen molar-refractivity contribution < 1.29 is 26.7 Å². The van der Waals surface area contributed by atoms with Crippen molar-refractivity contribution in [2.24, 2.45) is 10.9 Å². The van der Waals surface area contributed by atoms with Gasteiger partial charge in [-0.1, -0.05) is 43.3 Å². The molecule has 0 saturated carbocycles. The van der Waals surface area contributed by atoms with Gasteiger partial charge in [-0.25, -0.2) is 18.8 Å². The number of carbonyl (C=O) groups is 1. The zero-order chi connectivity index (χ0) is 27.5. The van der Waals surface area contributed by atoms with Crippen molar-refractivity contribution in [3.63, 3.8) is 0 Å². The van der Waals surface area contributed by atoms with Gasteiger partial charge in [0.15, 0.2) is 0 Å². The Bertz CT molecular complexity index is 1240. The number of benzene rings is 1. The molecule has 1 amide bonds. The van der Waals surface area contributed by atoms with Crippen LogP contribution in [-0.2, 0) is 0 Å². The van der Waals surface area contributed by atoms with E-state index < -0.39 is 48.5 Å². The van der Waals surface area contributed by atoms with E-state index in [2.05, 4.69) is 15.3 Å². The number of rotatable bonds is 5. The maximum atomic E-state index is 14.7. The fraction of sp³-hybridized carbons (Fsp3) is 0.444. The zero-order valence-corrected chi connectivity index (χ0v) is 21.9. The molecule has 3 heterocycles. The summed E-state index contributed by atoms with van der Waals surface area (Å²) in [6, 6.07) is 8.52. The molecule has 1 aromatic heterocycles. The van der Waals surface area contributed by atoms with Crippen molar-refractivity contribution in [1.29, 1.82) is 0 Å². The standard InChI is InChI=1S/C27H29F5N4OS/c1-17-13-26(28,29)16-36(25(37)23-24(38-18(2)35-23)19-9-5-3-6-10-19)21(17)15-34-22-12-8-4-7-11-20(14-33-22)27(30,31)32/h3,5-6,9-12,14,17,21,34H,4,7-8,13,15-16H2,1-2H3/b20-11-,22-12+,33-14-/t17-,21?/m1/s1. The number of amides is 1. The van der Waals surface area contributed by atoms with Gasteiger partial charge in [0, 0.05) is 19.2 Å². The molecule has 0 spiro atoms. The van der Waals surface area contributed by atoms with Crippen LogP contribution in [0.5, 0.6) is 0 Å². The number of hydrogen-bond acceptors (Lipinski definition) is 5. The third kappa shape index (κ3) is 6.67. The molecule has 2 aromatic rings. The Labute approximate surface area is 222 Å². The van der Waals surface area contributed by atoms with E-state index >= 15 is 0 Å². The average Bonchev–Trinajstić information content (AvgIpc) is 3.28. The number of aromatic nitrogens is 1. The number of nitrogens with one attached hydrogen (secondary N) is 1. The van der Waals surface area contributed by atoms with Crippen molar-refractivity contribution in [3.05, 3.63) is 64.6 Å². The number of halogens is 5. The molecule has 4 rings (SSSR count). The van der Waals surface area contributed by atoms with Crippen LogP contribution in [0.15, 0.2) is 58.9 Å². The molecule has 38 heavy (non-hydrogen) atoms. The van der Waals surface area contributed by atoms with Gasteiger partial charge in [0.25, 0.3) is 11.8 Å². The Hall–Kier alpha value is -3.08. The Balaban J connectivity index is 1.59. The van der Waals surface area contributed by atoms with E-state index in [1.807, 2.05) is 30.3 Å².